The number of aliphatic imine (C=N–C) groups is 1. The first kappa shape index (κ1) is 13.4. The van der Waals surface area contributed by atoms with E-state index in [1.807, 2.05) is 18.5 Å². The molecular formula is C16H20N6. The second-order valence-corrected chi connectivity index (χ2v) is 5.93. The lowest BCUT2D eigenvalue weighted by Gasteiger charge is -2.38. The minimum Gasteiger partial charge on any atom is -0.344 e. The standard InChI is InChI=1S/C16H20N6/c1-2-12-10-17-14-11-18-16(21-9-5-8-19-21)20-15(14)22(12)13-6-3-4-7-13/h5,8-13H,2-4,6-7H2,1H3. The van der Waals surface area contributed by atoms with Crippen LogP contribution in [0, 0.1) is 0 Å². The van der Waals surface area contributed by atoms with Gasteiger partial charge in [-0.05, 0) is 25.3 Å². The molecule has 22 heavy (non-hydrogen) atoms. The molecule has 0 N–H and O–H groups in total. The van der Waals surface area contributed by atoms with Crippen LogP contribution in [0.15, 0.2) is 29.6 Å². The number of hydrogen-bond donors (Lipinski definition) is 0. The molecule has 2 aliphatic rings. The quantitative estimate of drug-likeness (QED) is 0.874. The highest BCUT2D eigenvalue weighted by Crippen LogP contribution is 2.37. The van der Waals surface area contributed by atoms with Crippen molar-refractivity contribution < 1.29 is 0 Å². The Morgan fingerprint density at radius 2 is 2.14 bits per heavy atom. The number of aromatic nitrogens is 4. The number of anilines is 1. The highest BCUT2D eigenvalue weighted by atomic mass is 15.4. The van der Waals surface area contributed by atoms with Crippen LogP contribution in [0.25, 0.3) is 5.95 Å². The third-order valence-electron chi connectivity index (χ3n) is 4.57. The highest BCUT2D eigenvalue weighted by Gasteiger charge is 2.32. The largest absolute Gasteiger partial charge is 0.344 e. The lowest BCUT2D eigenvalue weighted by atomic mass is 10.1. The normalized spacial score (nSPS) is 21.3. The number of rotatable bonds is 3. The van der Waals surface area contributed by atoms with Crippen molar-refractivity contribution in [3.05, 3.63) is 24.7 Å². The maximum Gasteiger partial charge on any atom is 0.252 e. The van der Waals surface area contributed by atoms with Crippen molar-refractivity contribution in [2.75, 3.05) is 4.90 Å². The molecule has 114 valence electrons. The highest BCUT2D eigenvalue weighted by molar-refractivity contribution is 5.82. The van der Waals surface area contributed by atoms with E-state index >= 15 is 0 Å². The van der Waals surface area contributed by atoms with E-state index in [9.17, 15) is 0 Å². The molecule has 2 aromatic heterocycles. The summed E-state index contributed by atoms with van der Waals surface area (Å²) in [6.45, 7) is 2.21. The van der Waals surface area contributed by atoms with Crippen LogP contribution in [0.5, 0.6) is 0 Å². The summed E-state index contributed by atoms with van der Waals surface area (Å²) in [6, 6.07) is 2.77. The fourth-order valence-corrected chi connectivity index (χ4v) is 3.46. The molecule has 1 unspecified atom stereocenters. The fourth-order valence-electron chi connectivity index (χ4n) is 3.46. The van der Waals surface area contributed by atoms with Gasteiger partial charge in [0.1, 0.15) is 5.69 Å². The van der Waals surface area contributed by atoms with Gasteiger partial charge in [0.15, 0.2) is 5.82 Å². The minimum atomic E-state index is 0.330. The van der Waals surface area contributed by atoms with Gasteiger partial charge in [-0.25, -0.2) is 9.67 Å². The van der Waals surface area contributed by atoms with E-state index in [0.717, 1.165) is 17.9 Å². The van der Waals surface area contributed by atoms with Crippen LogP contribution in [0.1, 0.15) is 39.0 Å². The van der Waals surface area contributed by atoms with Crippen LogP contribution in [0.3, 0.4) is 0 Å². The number of fused-ring (bicyclic) bond motifs is 1. The summed E-state index contributed by atoms with van der Waals surface area (Å²) in [5.74, 6) is 1.57. The van der Waals surface area contributed by atoms with E-state index in [1.165, 1.54) is 25.7 Å². The maximum atomic E-state index is 4.78. The third kappa shape index (κ3) is 2.19. The Balaban J connectivity index is 1.78. The Morgan fingerprint density at radius 3 is 2.86 bits per heavy atom. The molecule has 3 heterocycles. The average Bonchev–Trinajstić information content (AvgIpc) is 3.26. The van der Waals surface area contributed by atoms with Crippen molar-refractivity contribution >= 4 is 17.7 Å². The molecule has 1 atom stereocenters. The third-order valence-corrected chi connectivity index (χ3v) is 4.57. The van der Waals surface area contributed by atoms with Crippen molar-refractivity contribution in [2.45, 2.75) is 51.1 Å². The van der Waals surface area contributed by atoms with Gasteiger partial charge in [0.2, 0.25) is 0 Å². The van der Waals surface area contributed by atoms with Crippen molar-refractivity contribution in [2.24, 2.45) is 4.99 Å². The van der Waals surface area contributed by atoms with Gasteiger partial charge in [0.05, 0.1) is 12.2 Å². The van der Waals surface area contributed by atoms with E-state index in [-0.39, 0.29) is 0 Å². The Morgan fingerprint density at radius 1 is 1.27 bits per heavy atom. The topological polar surface area (TPSA) is 59.2 Å². The van der Waals surface area contributed by atoms with Crippen LogP contribution in [0.2, 0.25) is 0 Å². The molecule has 0 bridgehead atoms. The lowest BCUT2D eigenvalue weighted by Crippen LogP contribution is -2.45. The summed E-state index contributed by atoms with van der Waals surface area (Å²) in [6.07, 6.45) is 13.6. The van der Waals surface area contributed by atoms with Gasteiger partial charge in [-0.1, -0.05) is 19.8 Å². The maximum absolute atomic E-state index is 4.78. The van der Waals surface area contributed by atoms with E-state index < -0.39 is 0 Å². The molecule has 4 rings (SSSR count). The predicted molar refractivity (Wildman–Crippen MR) is 86.1 cm³/mol. The summed E-state index contributed by atoms with van der Waals surface area (Å²) in [5.41, 5.74) is 0.868. The summed E-state index contributed by atoms with van der Waals surface area (Å²) in [7, 11) is 0. The van der Waals surface area contributed by atoms with Crippen LogP contribution in [-0.2, 0) is 0 Å². The summed E-state index contributed by atoms with van der Waals surface area (Å²) >= 11 is 0. The Labute approximate surface area is 129 Å². The minimum absolute atomic E-state index is 0.330. The molecule has 1 saturated carbocycles. The van der Waals surface area contributed by atoms with Crippen molar-refractivity contribution in [3.63, 3.8) is 0 Å². The van der Waals surface area contributed by atoms with Crippen LogP contribution >= 0.6 is 0 Å². The second kappa shape index (κ2) is 5.51. The van der Waals surface area contributed by atoms with Crippen molar-refractivity contribution in [3.8, 4) is 5.95 Å². The van der Waals surface area contributed by atoms with Gasteiger partial charge >= 0.3 is 0 Å². The molecule has 2 aromatic rings. The molecule has 6 heteroatoms. The van der Waals surface area contributed by atoms with Crippen LogP contribution in [0.4, 0.5) is 11.5 Å². The lowest BCUT2D eigenvalue weighted by molar-refractivity contribution is 0.556. The summed E-state index contributed by atoms with van der Waals surface area (Å²) < 4.78 is 1.70. The summed E-state index contributed by atoms with van der Waals surface area (Å²) in [4.78, 5) is 16.2. The van der Waals surface area contributed by atoms with E-state index in [0.29, 0.717) is 18.0 Å². The zero-order valence-corrected chi connectivity index (χ0v) is 12.8. The molecule has 0 aromatic carbocycles. The van der Waals surface area contributed by atoms with E-state index in [4.69, 9.17) is 4.98 Å². The zero-order chi connectivity index (χ0) is 14.9. The monoisotopic (exact) mass is 296 g/mol. The zero-order valence-electron chi connectivity index (χ0n) is 12.8. The Kier molecular flexibility index (Phi) is 3.36. The molecule has 0 spiro atoms. The number of hydrogen-bond acceptors (Lipinski definition) is 5. The SMILES string of the molecule is CCC1C=Nc2cnc(-n3cccn3)nc2N1C1CCCC1. The summed E-state index contributed by atoms with van der Waals surface area (Å²) in [5, 5.41) is 4.23. The van der Waals surface area contributed by atoms with Crippen molar-refractivity contribution in [1.82, 2.24) is 19.7 Å². The van der Waals surface area contributed by atoms with E-state index in [2.05, 4.69) is 33.1 Å². The van der Waals surface area contributed by atoms with Crippen LogP contribution < -0.4 is 4.90 Å². The molecule has 1 aliphatic carbocycles. The molecule has 6 nitrogen and oxygen atoms in total. The van der Waals surface area contributed by atoms with Gasteiger partial charge in [-0.15, -0.1) is 0 Å². The Bertz CT molecular complexity index is 672. The van der Waals surface area contributed by atoms with Gasteiger partial charge in [-0.3, -0.25) is 4.99 Å². The van der Waals surface area contributed by atoms with Crippen molar-refractivity contribution in [1.29, 1.82) is 0 Å². The van der Waals surface area contributed by atoms with Gasteiger partial charge < -0.3 is 4.90 Å². The second-order valence-electron chi connectivity index (χ2n) is 5.93. The first-order valence-electron chi connectivity index (χ1n) is 8.06. The average molecular weight is 296 g/mol. The smallest absolute Gasteiger partial charge is 0.252 e. The van der Waals surface area contributed by atoms with Gasteiger partial charge in [-0.2, -0.15) is 10.1 Å². The van der Waals surface area contributed by atoms with Gasteiger partial charge in [0.25, 0.3) is 5.95 Å². The molecule has 1 aliphatic heterocycles. The predicted octanol–water partition coefficient (Wildman–Crippen LogP) is 2.91. The van der Waals surface area contributed by atoms with Gasteiger partial charge in [0, 0.05) is 24.7 Å². The molecule has 0 radical (unpaired) electrons. The first-order valence-corrected chi connectivity index (χ1v) is 8.06. The molecule has 0 amide bonds. The fraction of sp³-hybridized carbons (Fsp3) is 0.500. The Hall–Kier alpha value is -2.24. The first-order chi connectivity index (χ1) is 10.9. The molecule has 1 fully saturated rings. The number of nitrogens with zero attached hydrogens (tertiary/aromatic N) is 6. The molecular weight excluding hydrogens is 276 g/mol. The van der Waals surface area contributed by atoms with E-state index in [1.54, 1.807) is 10.9 Å². The van der Waals surface area contributed by atoms with Crippen LogP contribution in [-0.4, -0.2) is 38.0 Å². The molecule has 0 saturated heterocycles.